The van der Waals surface area contributed by atoms with E-state index in [9.17, 15) is 5.11 Å². The third kappa shape index (κ3) is 1.41. The quantitative estimate of drug-likeness (QED) is 0.708. The zero-order valence-corrected chi connectivity index (χ0v) is 8.10. The summed E-state index contributed by atoms with van der Waals surface area (Å²) in [4.78, 5) is 1.49. The second-order valence-corrected chi connectivity index (χ2v) is 4.58. The lowest BCUT2D eigenvalue weighted by Crippen LogP contribution is -1.98. The Balaban J connectivity index is 2.16. The summed E-state index contributed by atoms with van der Waals surface area (Å²) in [5.74, 6) is 0.639. The Morgan fingerprint density at radius 1 is 1.50 bits per heavy atom. The fourth-order valence-corrected chi connectivity index (χ4v) is 3.08. The van der Waals surface area contributed by atoms with Crippen LogP contribution in [0.1, 0.15) is 35.6 Å². The molecule has 0 amide bonds. The summed E-state index contributed by atoms with van der Waals surface area (Å²) >= 11 is 1.84. The summed E-state index contributed by atoms with van der Waals surface area (Å²) in [6, 6.07) is 2.17. The normalized spacial score (nSPS) is 29.5. The van der Waals surface area contributed by atoms with Crippen LogP contribution in [0.3, 0.4) is 0 Å². The van der Waals surface area contributed by atoms with Crippen molar-refractivity contribution in [3.05, 3.63) is 21.9 Å². The number of hydrogen-bond donors (Lipinski definition) is 1. The van der Waals surface area contributed by atoms with Gasteiger partial charge in [0.25, 0.3) is 0 Å². The van der Waals surface area contributed by atoms with E-state index in [2.05, 4.69) is 18.4 Å². The first-order chi connectivity index (χ1) is 5.77. The van der Waals surface area contributed by atoms with Gasteiger partial charge in [0, 0.05) is 4.88 Å². The van der Waals surface area contributed by atoms with Crippen LogP contribution in [-0.2, 0) is 0 Å². The summed E-state index contributed by atoms with van der Waals surface area (Å²) in [5, 5.41) is 11.5. The highest BCUT2D eigenvalue weighted by atomic mass is 32.1. The molecule has 0 aromatic carbocycles. The molecule has 0 aliphatic heterocycles. The molecule has 0 spiro atoms. The van der Waals surface area contributed by atoms with Crippen molar-refractivity contribution in [2.45, 2.75) is 38.2 Å². The van der Waals surface area contributed by atoms with Crippen molar-refractivity contribution >= 4 is 11.3 Å². The van der Waals surface area contributed by atoms with Crippen molar-refractivity contribution in [2.24, 2.45) is 0 Å². The van der Waals surface area contributed by atoms with Gasteiger partial charge in [-0.3, -0.25) is 0 Å². The average Bonchev–Trinajstić information content (AvgIpc) is 2.58. The van der Waals surface area contributed by atoms with Gasteiger partial charge in [-0.15, -0.1) is 11.3 Å². The van der Waals surface area contributed by atoms with Crippen LogP contribution < -0.4 is 0 Å². The van der Waals surface area contributed by atoms with E-state index in [1.165, 1.54) is 16.9 Å². The monoisotopic (exact) mass is 182 g/mol. The Kier molecular flexibility index (Phi) is 2.20. The van der Waals surface area contributed by atoms with E-state index in [4.69, 9.17) is 0 Å². The second-order valence-electron chi connectivity index (χ2n) is 3.63. The molecule has 1 heterocycles. The smallest absolute Gasteiger partial charge is 0.0546 e. The van der Waals surface area contributed by atoms with Crippen LogP contribution in [0.15, 0.2) is 11.4 Å². The fourth-order valence-electron chi connectivity index (χ4n) is 2.00. The predicted molar refractivity (Wildman–Crippen MR) is 51.7 cm³/mol. The fraction of sp³-hybridized carbons (Fsp3) is 0.600. The van der Waals surface area contributed by atoms with E-state index in [-0.39, 0.29) is 6.10 Å². The standard InChI is InChI=1S/C10H14OS/c1-7-4-5-12-10(7)8-2-3-9(11)6-8/h4-5,8-9,11H,2-3,6H2,1H3. The first-order valence-corrected chi connectivity index (χ1v) is 5.37. The number of hydrogen-bond acceptors (Lipinski definition) is 2. The van der Waals surface area contributed by atoms with Crippen LogP contribution in [0, 0.1) is 6.92 Å². The third-order valence-corrected chi connectivity index (χ3v) is 3.86. The summed E-state index contributed by atoms with van der Waals surface area (Å²) in [5.41, 5.74) is 1.40. The summed E-state index contributed by atoms with van der Waals surface area (Å²) < 4.78 is 0. The highest BCUT2D eigenvalue weighted by Crippen LogP contribution is 2.38. The highest BCUT2D eigenvalue weighted by molar-refractivity contribution is 7.10. The molecule has 1 aromatic heterocycles. The third-order valence-electron chi connectivity index (χ3n) is 2.68. The second kappa shape index (κ2) is 3.19. The van der Waals surface area contributed by atoms with Crippen molar-refractivity contribution in [1.82, 2.24) is 0 Å². The van der Waals surface area contributed by atoms with E-state index >= 15 is 0 Å². The molecular weight excluding hydrogens is 168 g/mol. The predicted octanol–water partition coefficient (Wildman–Crippen LogP) is 2.68. The maximum atomic E-state index is 9.39. The molecule has 2 rings (SSSR count). The molecule has 1 aromatic rings. The van der Waals surface area contributed by atoms with E-state index in [1.807, 2.05) is 11.3 Å². The molecule has 12 heavy (non-hydrogen) atoms. The summed E-state index contributed by atoms with van der Waals surface area (Å²) in [6.45, 7) is 2.16. The summed E-state index contributed by atoms with van der Waals surface area (Å²) in [7, 11) is 0. The lowest BCUT2D eigenvalue weighted by molar-refractivity contribution is 0.181. The van der Waals surface area contributed by atoms with E-state index in [0.717, 1.165) is 12.8 Å². The first-order valence-electron chi connectivity index (χ1n) is 4.49. The maximum Gasteiger partial charge on any atom is 0.0546 e. The summed E-state index contributed by atoms with van der Waals surface area (Å²) in [6.07, 6.45) is 3.09. The van der Waals surface area contributed by atoms with Gasteiger partial charge < -0.3 is 5.11 Å². The zero-order chi connectivity index (χ0) is 8.55. The Labute approximate surface area is 77.0 Å². The van der Waals surface area contributed by atoms with Gasteiger partial charge in [-0.1, -0.05) is 0 Å². The van der Waals surface area contributed by atoms with Crippen molar-refractivity contribution in [1.29, 1.82) is 0 Å². The molecule has 0 radical (unpaired) electrons. The van der Waals surface area contributed by atoms with Gasteiger partial charge in [-0.05, 0) is 49.1 Å². The molecule has 1 aliphatic carbocycles. The lowest BCUT2D eigenvalue weighted by atomic mass is 10.0. The number of thiophene rings is 1. The van der Waals surface area contributed by atoms with Crippen LogP contribution in [0.25, 0.3) is 0 Å². The van der Waals surface area contributed by atoms with Crippen LogP contribution in [0.5, 0.6) is 0 Å². The van der Waals surface area contributed by atoms with Crippen molar-refractivity contribution in [3.63, 3.8) is 0 Å². The molecule has 1 aliphatic rings. The van der Waals surface area contributed by atoms with Gasteiger partial charge in [0.2, 0.25) is 0 Å². The SMILES string of the molecule is Cc1ccsc1C1CCC(O)C1. The Hall–Kier alpha value is -0.340. The molecule has 2 unspecified atom stereocenters. The topological polar surface area (TPSA) is 20.2 Å². The average molecular weight is 182 g/mol. The van der Waals surface area contributed by atoms with Gasteiger partial charge in [-0.2, -0.15) is 0 Å². The van der Waals surface area contributed by atoms with E-state index in [0.29, 0.717) is 5.92 Å². The van der Waals surface area contributed by atoms with Crippen LogP contribution >= 0.6 is 11.3 Å². The van der Waals surface area contributed by atoms with Gasteiger partial charge >= 0.3 is 0 Å². The molecule has 66 valence electrons. The molecule has 1 saturated carbocycles. The Bertz CT molecular complexity index is 267. The largest absolute Gasteiger partial charge is 0.393 e. The van der Waals surface area contributed by atoms with Crippen LogP contribution in [-0.4, -0.2) is 11.2 Å². The zero-order valence-electron chi connectivity index (χ0n) is 7.29. The van der Waals surface area contributed by atoms with Crippen molar-refractivity contribution < 1.29 is 5.11 Å². The molecule has 0 saturated heterocycles. The number of rotatable bonds is 1. The first kappa shape index (κ1) is 8.27. The maximum absolute atomic E-state index is 9.39. The molecule has 0 bridgehead atoms. The molecule has 2 atom stereocenters. The van der Waals surface area contributed by atoms with Gasteiger partial charge in [0.1, 0.15) is 0 Å². The number of aliphatic hydroxyl groups excluding tert-OH is 1. The minimum absolute atomic E-state index is 0.0449. The Morgan fingerprint density at radius 3 is 2.83 bits per heavy atom. The number of aryl methyl sites for hydroxylation is 1. The molecule has 1 fully saturated rings. The van der Waals surface area contributed by atoms with Gasteiger partial charge in [0.15, 0.2) is 0 Å². The molecule has 1 nitrogen and oxygen atoms in total. The van der Waals surface area contributed by atoms with Gasteiger partial charge in [0.05, 0.1) is 6.10 Å². The van der Waals surface area contributed by atoms with Crippen molar-refractivity contribution in [3.8, 4) is 0 Å². The number of aliphatic hydroxyl groups is 1. The van der Waals surface area contributed by atoms with Crippen LogP contribution in [0.2, 0.25) is 0 Å². The minimum Gasteiger partial charge on any atom is -0.393 e. The van der Waals surface area contributed by atoms with Crippen LogP contribution in [0.4, 0.5) is 0 Å². The minimum atomic E-state index is -0.0449. The highest BCUT2D eigenvalue weighted by Gasteiger charge is 2.25. The van der Waals surface area contributed by atoms with Crippen molar-refractivity contribution in [2.75, 3.05) is 0 Å². The Morgan fingerprint density at radius 2 is 2.33 bits per heavy atom. The molecule has 2 heteroatoms. The van der Waals surface area contributed by atoms with E-state index in [1.54, 1.807) is 0 Å². The van der Waals surface area contributed by atoms with Gasteiger partial charge in [-0.25, -0.2) is 0 Å². The van der Waals surface area contributed by atoms with E-state index < -0.39 is 0 Å². The molecule has 1 N–H and O–H groups in total. The lowest BCUT2D eigenvalue weighted by Gasteiger charge is -2.07. The molecular formula is C10H14OS.